The van der Waals surface area contributed by atoms with Crippen LogP contribution in [0.15, 0.2) is 24.8 Å². The standard InChI is InChI=1S/C11H12F2/c1-7(2)11-9(8(3)12)5-4-6-10(11)13/h4-7H,3H2,1-2H3. The lowest BCUT2D eigenvalue weighted by Crippen LogP contribution is -1.97. The fourth-order valence-corrected chi connectivity index (χ4v) is 1.36. The lowest BCUT2D eigenvalue weighted by molar-refractivity contribution is 0.595. The van der Waals surface area contributed by atoms with Crippen molar-refractivity contribution in [1.29, 1.82) is 0 Å². The molecule has 0 spiro atoms. The lowest BCUT2D eigenvalue weighted by atomic mass is 9.96. The molecule has 0 fully saturated rings. The molecule has 0 saturated carbocycles. The van der Waals surface area contributed by atoms with Crippen LogP contribution in [0.5, 0.6) is 0 Å². The first kappa shape index (κ1) is 9.90. The van der Waals surface area contributed by atoms with Crippen molar-refractivity contribution in [2.24, 2.45) is 0 Å². The fourth-order valence-electron chi connectivity index (χ4n) is 1.36. The number of hydrogen-bond acceptors (Lipinski definition) is 0. The molecule has 70 valence electrons. The maximum Gasteiger partial charge on any atom is 0.127 e. The highest BCUT2D eigenvalue weighted by Crippen LogP contribution is 2.27. The van der Waals surface area contributed by atoms with E-state index in [0.29, 0.717) is 5.56 Å². The predicted octanol–water partition coefficient (Wildman–Crippen LogP) is 3.89. The van der Waals surface area contributed by atoms with Crippen molar-refractivity contribution < 1.29 is 8.78 Å². The Labute approximate surface area is 76.9 Å². The zero-order chi connectivity index (χ0) is 10.0. The van der Waals surface area contributed by atoms with E-state index in [-0.39, 0.29) is 17.3 Å². The zero-order valence-corrected chi connectivity index (χ0v) is 7.77. The van der Waals surface area contributed by atoms with E-state index in [1.54, 1.807) is 6.07 Å². The summed E-state index contributed by atoms with van der Waals surface area (Å²) in [6.07, 6.45) is 0. The van der Waals surface area contributed by atoms with Gasteiger partial charge in [0.1, 0.15) is 11.6 Å². The summed E-state index contributed by atoms with van der Waals surface area (Å²) >= 11 is 0. The molecule has 0 aliphatic heterocycles. The molecule has 0 saturated heterocycles. The average Bonchev–Trinajstić information content (AvgIpc) is 2.02. The van der Waals surface area contributed by atoms with Gasteiger partial charge in [-0.25, -0.2) is 8.78 Å². The average molecular weight is 182 g/mol. The van der Waals surface area contributed by atoms with Crippen LogP contribution in [0.2, 0.25) is 0 Å². The van der Waals surface area contributed by atoms with Crippen LogP contribution in [-0.2, 0) is 0 Å². The van der Waals surface area contributed by atoms with Crippen LogP contribution < -0.4 is 0 Å². The van der Waals surface area contributed by atoms with E-state index in [4.69, 9.17) is 0 Å². The van der Waals surface area contributed by atoms with E-state index in [9.17, 15) is 8.78 Å². The molecule has 1 aromatic carbocycles. The first-order valence-corrected chi connectivity index (χ1v) is 4.17. The van der Waals surface area contributed by atoms with E-state index in [1.807, 2.05) is 13.8 Å². The van der Waals surface area contributed by atoms with Crippen molar-refractivity contribution >= 4 is 5.83 Å². The summed E-state index contributed by atoms with van der Waals surface area (Å²) in [5.74, 6) is -0.988. The van der Waals surface area contributed by atoms with Gasteiger partial charge in [-0.2, -0.15) is 0 Å². The third-order valence-corrected chi connectivity index (χ3v) is 1.92. The summed E-state index contributed by atoms with van der Waals surface area (Å²) < 4.78 is 26.1. The van der Waals surface area contributed by atoms with Gasteiger partial charge in [0.25, 0.3) is 0 Å². The molecule has 0 N–H and O–H groups in total. The predicted molar refractivity (Wildman–Crippen MR) is 50.6 cm³/mol. The van der Waals surface area contributed by atoms with E-state index in [0.717, 1.165) is 0 Å². The maximum atomic E-state index is 13.3. The molecular formula is C11H12F2. The Morgan fingerprint density at radius 3 is 2.38 bits per heavy atom. The molecule has 0 aliphatic carbocycles. The van der Waals surface area contributed by atoms with Gasteiger partial charge in [0.15, 0.2) is 0 Å². The summed E-state index contributed by atoms with van der Waals surface area (Å²) in [6.45, 7) is 6.82. The Morgan fingerprint density at radius 1 is 1.38 bits per heavy atom. The molecule has 0 bridgehead atoms. The Kier molecular flexibility index (Phi) is 2.81. The second-order valence-electron chi connectivity index (χ2n) is 3.26. The third kappa shape index (κ3) is 1.94. The fraction of sp³-hybridized carbons (Fsp3) is 0.273. The molecule has 0 unspecified atom stereocenters. The normalized spacial score (nSPS) is 10.5. The van der Waals surface area contributed by atoms with E-state index in [1.165, 1.54) is 12.1 Å². The van der Waals surface area contributed by atoms with Gasteiger partial charge in [-0.1, -0.05) is 32.6 Å². The van der Waals surface area contributed by atoms with Crippen LogP contribution in [0.25, 0.3) is 5.83 Å². The maximum absolute atomic E-state index is 13.3. The number of hydrogen-bond donors (Lipinski definition) is 0. The van der Waals surface area contributed by atoms with E-state index < -0.39 is 5.83 Å². The van der Waals surface area contributed by atoms with Crippen molar-refractivity contribution in [2.45, 2.75) is 19.8 Å². The highest BCUT2D eigenvalue weighted by molar-refractivity contribution is 5.61. The Balaban J connectivity index is 3.34. The summed E-state index contributed by atoms with van der Waals surface area (Å²) in [5, 5.41) is 0. The Bertz CT molecular complexity index is 327. The van der Waals surface area contributed by atoms with Gasteiger partial charge in [-0.3, -0.25) is 0 Å². The molecule has 0 aliphatic rings. The third-order valence-electron chi connectivity index (χ3n) is 1.92. The number of benzene rings is 1. The molecule has 0 heterocycles. The molecule has 0 radical (unpaired) electrons. The quantitative estimate of drug-likeness (QED) is 0.650. The summed E-state index contributed by atoms with van der Waals surface area (Å²) in [7, 11) is 0. The van der Waals surface area contributed by atoms with Crippen molar-refractivity contribution in [3.63, 3.8) is 0 Å². The Morgan fingerprint density at radius 2 is 2.00 bits per heavy atom. The SMILES string of the molecule is C=C(F)c1cccc(F)c1C(C)C. The minimum absolute atomic E-state index is 0.0382. The first-order chi connectivity index (χ1) is 6.04. The van der Waals surface area contributed by atoms with Crippen LogP contribution >= 0.6 is 0 Å². The van der Waals surface area contributed by atoms with Crippen molar-refractivity contribution in [2.75, 3.05) is 0 Å². The van der Waals surface area contributed by atoms with Crippen LogP contribution in [0.1, 0.15) is 30.9 Å². The zero-order valence-electron chi connectivity index (χ0n) is 7.77. The van der Waals surface area contributed by atoms with Crippen molar-refractivity contribution in [3.05, 3.63) is 41.7 Å². The molecule has 1 aromatic rings. The highest BCUT2D eigenvalue weighted by atomic mass is 19.1. The van der Waals surface area contributed by atoms with Crippen LogP contribution in [0, 0.1) is 5.82 Å². The second-order valence-corrected chi connectivity index (χ2v) is 3.26. The van der Waals surface area contributed by atoms with E-state index in [2.05, 4.69) is 6.58 Å². The Hall–Kier alpha value is -1.18. The molecule has 0 aromatic heterocycles. The van der Waals surface area contributed by atoms with Crippen LogP contribution in [-0.4, -0.2) is 0 Å². The minimum Gasteiger partial charge on any atom is -0.207 e. The molecule has 1 rings (SSSR count). The van der Waals surface area contributed by atoms with Crippen molar-refractivity contribution in [3.8, 4) is 0 Å². The highest BCUT2D eigenvalue weighted by Gasteiger charge is 2.13. The van der Waals surface area contributed by atoms with Crippen LogP contribution in [0.3, 0.4) is 0 Å². The van der Waals surface area contributed by atoms with Gasteiger partial charge < -0.3 is 0 Å². The number of rotatable bonds is 2. The largest absolute Gasteiger partial charge is 0.207 e. The molecule has 0 atom stereocenters. The monoisotopic (exact) mass is 182 g/mol. The second kappa shape index (κ2) is 3.69. The van der Waals surface area contributed by atoms with Gasteiger partial charge >= 0.3 is 0 Å². The van der Waals surface area contributed by atoms with Gasteiger partial charge in [0.2, 0.25) is 0 Å². The van der Waals surface area contributed by atoms with Gasteiger partial charge in [0, 0.05) is 11.1 Å². The topological polar surface area (TPSA) is 0 Å². The van der Waals surface area contributed by atoms with E-state index >= 15 is 0 Å². The molecule has 13 heavy (non-hydrogen) atoms. The molecular weight excluding hydrogens is 170 g/mol. The summed E-state index contributed by atoms with van der Waals surface area (Å²) in [6, 6.07) is 4.36. The minimum atomic E-state index is -0.580. The molecule has 2 heteroatoms. The van der Waals surface area contributed by atoms with Gasteiger partial charge in [-0.15, -0.1) is 0 Å². The number of halogens is 2. The molecule has 0 nitrogen and oxygen atoms in total. The van der Waals surface area contributed by atoms with Crippen LogP contribution in [0.4, 0.5) is 8.78 Å². The van der Waals surface area contributed by atoms with Gasteiger partial charge in [-0.05, 0) is 12.0 Å². The smallest absolute Gasteiger partial charge is 0.127 e. The molecule has 0 amide bonds. The first-order valence-electron chi connectivity index (χ1n) is 4.17. The lowest BCUT2D eigenvalue weighted by Gasteiger charge is -2.11. The summed E-state index contributed by atoms with van der Waals surface area (Å²) in [4.78, 5) is 0. The van der Waals surface area contributed by atoms with Gasteiger partial charge in [0.05, 0.1) is 0 Å². The van der Waals surface area contributed by atoms with Crippen molar-refractivity contribution in [1.82, 2.24) is 0 Å². The summed E-state index contributed by atoms with van der Waals surface area (Å²) in [5.41, 5.74) is 0.671.